The van der Waals surface area contributed by atoms with Crippen LogP contribution >= 0.6 is 0 Å². The Morgan fingerprint density at radius 3 is 2.31 bits per heavy atom. The third-order valence-corrected chi connectivity index (χ3v) is 8.66. The first kappa shape index (κ1) is 35.9. The fraction of sp³-hybridized carbons (Fsp3) is 0.531. The number of fused-ring (bicyclic) bond motifs is 1. The number of H-pyrrole nitrogens is 1. The van der Waals surface area contributed by atoms with E-state index in [1.807, 2.05) is 24.3 Å². The van der Waals surface area contributed by atoms with Crippen LogP contribution in [0, 0.1) is 11.8 Å². The number of rotatable bonds is 8. The van der Waals surface area contributed by atoms with Gasteiger partial charge in [0.25, 0.3) is 0 Å². The molecule has 6 amide bonds. The van der Waals surface area contributed by atoms with Crippen molar-refractivity contribution in [3.05, 3.63) is 36.0 Å². The number of carbonyl (C=O) groups excluding carboxylic acids is 6. The number of amides is 6. The molecular formula is C32H44N8O8. The van der Waals surface area contributed by atoms with E-state index in [1.165, 1.54) is 11.9 Å². The molecule has 4 rings (SSSR count). The van der Waals surface area contributed by atoms with Gasteiger partial charge in [0.05, 0.1) is 13.0 Å². The fourth-order valence-electron chi connectivity index (χ4n) is 6.12. The summed E-state index contributed by atoms with van der Waals surface area (Å²) in [5.74, 6) is -6.33. The van der Waals surface area contributed by atoms with Gasteiger partial charge in [-0.05, 0) is 43.5 Å². The number of benzene rings is 1. The molecule has 4 atom stereocenters. The standard InChI is InChI=1S/C32H44N8O8/c1-17(2)27-31(47)39-24(15-35-28(44)18-8-10-33-11-9-18)29(45)36-16-25(41)37-22(13-26(42)43)30(46)38-23(32(48)40(27)3)12-19-14-34-21-7-5-4-6-20(19)21/h4-7,14,17-18,22-24,27,33-34H,8-13,15-16H2,1-3H3,(H,35,44)(H,36,45)(H,37,41)(H,38,46)(H,39,47)(H,42,43). The Bertz CT molecular complexity index is 1530. The van der Waals surface area contributed by atoms with Crippen molar-refractivity contribution < 1.29 is 38.7 Å². The van der Waals surface area contributed by atoms with Gasteiger partial charge in [0.15, 0.2) is 0 Å². The molecule has 2 saturated heterocycles. The van der Waals surface area contributed by atoms with Crippen molar-refractivity contribution in [3.8, 4) is 0 Å². The highest BCUT2D eigenvalue weighted by molar-refractivity contribution is 5.98. The van der Waals surface area contributed by atoms with Gasteiger partial charge >= 0.3 is 5.97 Å². The van der Waals surface area contributed by atoms with E-state index >= 15 is 0 Å². The SMILES string of the molecule is CC(C)C1C(=O)NC(CNC(=O)C2CCNCC2)C(=O)NCC(=O)NC(CC(=O)O)C(=O)NC(Cc2c[nH]c3ccccc23)C(=O)N1C. The monoisotopic (exact) mass is 668 g/mol. The summed E-state index contributed by atoms with van der Waals surface area (Å²) < 4.78 is 0. The van der Waals surface area contributed by atoms with Gasteiger partial charge in [-0.25, -0.2) is 0 Å². The topological polar surface area (TPSA) is 231 Å². The van der Waals surface area contributed by atoms with Crippen LogP contribution in [0.1, 0.15) is 38.7 Å². The predicted molar refractivity (Wildman–Crippen MR) is 173 cm³/mol. The maximum atomic E-state index is 14.2. The number of carboxylic acids is 1. The van der Waals surface area contributed by atoms with Crippen LogP contribution in [-0.2, 0) is 40.0 Å². The minimum atomic E-state index is -1.58. The molecule has 0 radical (unpaired) electrons. The summed E-state index contributed by atoms with van der Waals surface area (Å²) in [6.45, 7) is 3.85. The average molecular weight is 669 g/mol. The maximum Gasteiger partial charge on any atom is 0.305 e. The lowest BCUT2D eigenvalue weighted by Gasteiger charge is -2.34. The minimum Gasteiger partial charge on any atom is -0.481 e. The zero-order valence-electron chi connectivity index (χ0n) is 27.3. The molecule has 8 N–H and O–H groups in total. The van der Waals surface area contributed by atoms with E-state index in [0.717, 1.165) is 10.9 Å². The number of aromatic amines is 1. The Labute approximate surface area is 277 Å². The van der Waals surface area contributed by atoms with Crippen LogP contribution in [0.25, 0.3) is 10.9 Å². The van der Waals surface area contributed by atoms with Gasteiger partial charge in [-0.3, -0.25) is 33.6 Å². The summed E-state index contributed by atoms with van der Waals surface area (Å²) in [5, 5.41) is 26.2. The second-order valence-corrected chi connectivity index (χ2v) is 12.5. The third-order valence-electron chi connectivity index (χ3n) is 8.66. The van der Waals surface area contributed by atoms with E-state index in [4.69, 9.17) is 0 Å². The lowest BCUT2D eigenvalue weighted by atomic mass is 9.97. The summed E-state index contributed by atoms with van der Waals surface area (Å²) in [4.78, 5) is 96.4. The Morgan fingerprint density at radius 2 is 1.62 bits per heavy atom. The Kier molecular flexibility index (Phi) is 12.1. The van der Waals surface area contributed by atoms with E-state index in [2.05, 4.69) is 36.9 Å². The number of para-hydroxylation sites is 1. The maximum absolute atomic E-state index is 14.2. The Morgan fingerprint density at radius 1 is 0.938 bits per heavy atom. The number of aromatic nitrogens is 1. The molecule has 0 saturated carbocycles. The molecule has 16 nitrogen and oxygen atoms in total. The van der Waals surface area contributed by atoms with Gasteiger partial charge in [-0.2, -0.15) is 0 Å². The molecule has 1 aromatic heterocycles. The number of carboxylic acid groups (broad SMARTS) is 1. The molecule has 0 spiro atoms. The number of hydrogen-bond donors (Lipinski definition) is 8. The van der Waals surface area contributed by atoms with Crippen molar-refractivity contribution in [1.29, 1.82) is 0 Å². The molecule has 2 aromatic rings. The van der Waals surface area contributed by atoms with Crippen LogP contribution in [0.15, 0.2) is 30.5 Å². The molecule has 4 unspecified atom stereocenters. The van der Waals surface area contributed by atoms with Crippen LogP contribution < -0.4 is 31.9 Å². The average Bonchev–Trinajstić information content (AvgIpc) is 3.46. The van der Waals surface area contributed by atoms with Crippen LogP contribution in [0.4, 0.5) is 0 Å². The van der Waals surface area contributed by atoms with Gasteiger partial charge in [0.2, 0.25) is 35.4 Å². The van der Waals surface area contributed by atoms with Crippen LogP contribution in [0.5, 0.6) is 0 Å². The first-order valence-corrected chi connectivity index (χ1v) is 16.0. The quantitative estimate of drug-likeness (QED) is 0.161. The Balaban J connectivity index is 1.66. The number of likely N-dealkylation sites (N-methyl/N-ethyl adjacent to an activating group) is 1. The lowest BCUT2D eigenvalue weighted by Crippen LogP contribution is -2.61. The van der Waals surface area contributed by atoms with Crippen molar-refractivity contribution in [1.82, 2.24) is 41.8 Å². The molecule has 2 aliphatic rings. The van der Waals surface area contributed by atoms with Gasteiger partial charge in [-0.1, -0.05) is 32.0 Å². The van der Waals surface area contributed by atoms with Gasteiger partial charge in [0.1, 0.15) is 24.2 Å². The molecule has 0 aliphatic carbocycles. The third kappa shape index (κ3) is 9.08. The van der Waals surface area contributed by atoms with Crippen molar-refractivity contribution >= 4 is 52.3 Å². The summed E-state index contributed by atoms with van der Waals surface area (Å²) >= 11 is 0. The number of nitrogens with zero attached hydrogens (tertiary/aromatic N) is 1. The summed E-state index contributed by atoms with van der Waals surface area (Å²) in [6.07, 6.45) is 2.10. The van der Waals surface area contributed by atoms with Crippen molar-refractivity contribution in [3.63, 3.8) is 0 Å². The van der Waals surface area contributed by atoms with E-state index in [0.29, 0.717) is 31.5 Å². The first-order chi connectivity index (χ1) is 22.8. The van der Waals surface area contributed by atoms with Crippen molar-refractivity contribution in [2.45, 2.75) is 63.7 Å². The van der Waals surface area contributed by atoms with Crippen LogP contribution in [0.3, 0.4) is 0 Å². The molecule has 48 heavy (non-hydrogen) atoms. The number of hydrogen-bond acceptors (Lipinski definition) is 8. The van der Waals surface area contributed by atoms with Crippen molar-refractivity contribution in [2.75, 3.05) is 33.2 Å². The van der Waals surface area contributed by atoms with E-state index in [-0.39, 0.29) is 24.8 Å². The van der Waals surface area contributed by atoms with Crippen molar-refractivity contribution in [2.24, 2.45) is 11.8 Å². The lowest BCUT2D eigenvalue weighted by molar-refractivity contribution is -0.144. The zero-order valence-corrected chi connectivity index (χ0v) is 27.3. The number of aliphatic carboxylic acids is 1. The van der Waals surface area contributed by atoms with Crippen LogP contribution in [0.2, 0.25) is 0 Å². The highest BCUT2D eigenvalue weighted by Gasteiger charge is 2.38. The van der Waals surface area contributed by atoms with E-state index < -0.39 is 78.6 Å². The van der Waals surface area contributed by atoms with E-state index in [1.54, 1.807) is 20.0 Å². The second kappa shape index (κ2) is 16.2. The van der Waals surface area contributed by atoms with Gasteiger partial charge in [0, 0.05) is 43.0 Å². The predicted octanol–water partition coefficient (Wildman–Crippen LogP) is -1.63. The second-order valence-electron chi connectivity index (χ2n) is 12.5. The highest BCUT2D eigenvalue weighted by atomic mass is 16.4. The zero-order chi connectivity index (χ0) is 35.0. The molecule has 3 heterocycles. The largest absolute Gasteiger partial charge is 0.481 e. The first-order valence-electron chi connectivity index (χ1n) is 16.0. The van der Waals surface area contributed by atoms with E-state index in [9.17, 15) is 38.7 Å². The molecule has 2 fully saturated rings. The molecule has 0 bridgehead atoms. The molecular weight excluding hydrogens is 624 g/mol. The molecule has 260 valence electrons. The summed E-state index contributed by atoms with van der Waals surface area (Å²) in [5.41, 5.74) is 1.47. The summed E-state index contributed by atoms with van der Waals surface area (Å²) in [7, 11) is 1.41. The molecule has 16 heteroatoms. The number of nitrogens with one attached hydrogen (secondary N) is 7. The normalized spacial score (nSPS) is 23.8. The molecule has 1 aromatic carbocycles. The number of piperidine rings is 1. The highest BCUT2D eigenvalue weighted by Crippen LogP contribution is 2.21. The smallest absolute Gasteiger partial charge is 0.305 e. The summed E-state index contributed by atoms with van der Waals surface area (Å²) in [6, 6.07) is 2.06. The van der Waals surface area contributed by atoms with Gasteiger partial charge in [-0.15, -0.1) is 0 Å². The van der Waals surface area contributed by atoms with Gasteiger partial charge < -0.3 is 46.9 Å². The minimum absolute atomic E-state index is 0.0233. The van der Waals surface area contributed by atoms with Crippen LogP contribution in [-0.4, -0.2) is 114 Å². The fourth-order valence-corrected chi connectivity index (χ4v) is 6.12. The molecule has 2 aliphatic heterocycles. The Hall–Kier alpha value is -4.99. The number of carbonyl (C=O) groups is 7.